The van der Waals surface area contributed by atoms with Crippen LogP contribution in [0, 0.1) is 0 Å². The smallest absolute Gasteiger partial charge is 0.346 e. The van der Waals surface area contributed by atoms with E-state index in [1.807, 2.05) is 6.92 Å². The van der Waals surface area contributed by atoms with Crippen molar-refractivity contribution < 1.29 is 15.0 Å². The lowest BCUT2D eigenvalue weighted by atomic mass is 10.1. The van der Waals surface area contributed by atoms with Gasteiger partial charge >= 0.3 is 5.97 Å². The zero-order valence-electron chi connectivity index (χ0n) is 6.51. The third kappa shape index (κ3) is 4.58. The Morgan fingerprint density at radius 2 is 2.09 bits per heavy atom. The molecule has 0 aliphatic heterocycles. The van der Waals surface area contributed by atoms with Crippen molar-refractivity contribution >= 4 is 28.6 Å². The first-order valence-corrected chi connectivity index (χ1v) is 4.73. The Morgan fingerprint density at radius 1 is 1.55 bits per heavy atom. The van der Waals surface area contributed by atoms with Gasteiger partial charge in [-0.1, -0.05) is 19.8 Å². The minimum Gasteiger partial charge on any atom is -0.479 e. The van der Waals surface area contributed by atoms with Crippen molar-refractivity contribution in [1.29, 1.82) is 0 Å². The van der Waals surface area contributed by atoms with Gasteiger partial charge in [0.05, 0.1) is 0 Å². The van der Waals surface area contributed by atoms with Gasteiger partial charge in [-0.25, -0.2) is 4.79 Å². The van der Waals surface area contributed by atoms with Gasteiger partial charge in [0.1, 0.15) is 0 Å². The molecule has 4 heteroatoms. The summed E-state index contributed by atoms with van der Waals surface area (Å²) in [5.74, 6) is -1.14. The minimum atomic E-state index is -1.56. The molecule has 0 bridgehead atoms. The molecule has 66 valence electrons. The van der Waals surface area contributed by atoms with Crippen molar-refractivity contribution in [3.8, 4) is 0 Å². The number of carboxylic acid groups (broad SMARTS) is 1. The van der Waals surface area contributed by atoms with E-state index in [4.69, 9.17) is 5.11 Å². The number of aliphatic hydroxyl groups is 1. The molecule has 0 aliphatic carbocycles. The SMILES string of the molecule is CCCCCC(O)(I)C(=O)O. The predicted molar refractivity (Wildman–Crippen MR) is 50.7 cm³/mol. The first-order valence-electron chi connectivity index (χ1n) is 3.65. The molecule has 0 aromatic carbocycles. The fourth-order valence-electron chi connectivity index (χ4n) is 0.716. The van der Waals surface area contributed by atoms with Gasteiger partial charge in [-0.3, -0.25) is 0 Å². The molecule has 0 saturated heterocycles. The monoisotopic (exact) mass is 272 g/mol. The van der Waals surface area contributed by atoms with E-state index in [1.54, 1.807) is 22.6 Å². The van der Waals surface area contributed by atoms with Crippen molar-refractivity contribution in [3.05, 3.63) is 0 Å². The van der Waals surface area contributed by atoms with Gasteiger partial charge in [-0.15, -0.1) is 0 Å². The van der Waals surface area contributed by atoms with Crippen molar-refractivity contribution in [3.63, 3.8) is 0 Å². The number of rotatable bonds is 5. The molecule has 1 atom stereocenters. The maximum absolute atomic E-state index is 10.4. The van der Waals surface area contributed by atoms with Gasteiger partial charge in [0.15, 0.2) is 0 Å². The topological polar surface area (TPSA) is 57.5 Å². The lowest BCUT2D eigenvalue weighted by molar-refractivity contribution is -0.148. The largest absolute Gasteiger partial charge is 0.479 e. The summed E-state index contributed by atoms with van der Waals surface area (Å²) < 4.78 is -1.56. The second kappa shape index (κ2) is 4.92. The molecule has 0 spiro atoms. The van der Waals surface area contributed by atoms with E-state index >= 15 is 0 Å². The zero-order valence-corrected chi connectivity index (χ0v) is 8.67. The Labute approximate surface area is 79.9 Å². The molecule has 1 unspecified atom stereocenters. The predicted octanol–water partition coefficient (Wildman–Crippen LogP) is 1.77. The van der Waals surface area contributed by atoms with Crippen molar-refractivity contribution in [1.82, 2.24) is 0 Å². The Hall–Kier alpha value is 0.160. The van der Waals surface area contributed by atoms with Crippen LogP contribution in [0.1, 0.15) is 32.6 Å². The number of hydrogen-bond donors (Lipinski definition) is 2. The number of halogens is 1. The van der Waals surface area contributed by atoms with Crippen molar-refractivity contribution in [2.24, 2.45) is 0 Å². The third-order valence-electron chi connectivity index (χ3n) is 1.44. The lowest BCUT2D eigenvalue weighted by Crippen LogP contribution is -2.30. The van der Waals surface area contributed by atoms with Crippen LogP contribution in [0.25, 0.3) is 0 Å². The normalized spacial score (nSPS) is 15.9. The standard InChI is InChI=1S/C7H13IO3/c1-2-3-4-5-7(8,11)6(9)10/h11H,2-5H2,1H3,(H,9,10). The van der Waals surface area contributed by atoms with Crippen LogP contribution in [0.2, 0.25) is 0 Å². The Kier molecular flexibility index (Phi) is 4.99. The zero-order chi connectivity index (χ0) is 8.91. The summed E-state index contributed by atoms with van der Waals surface area (Å²) in [5.41, 5.74) is 0. The van der Waals surface area contributed by atoms with E-state index < -0.39 is 9.58 Å². The molecular weight excluding hydrogens is 259 g/mol. The van der Waals surface area contributed by atoms with E-state index in [9.17, 15) is 9.90 Å². The molecule has 0 heterocycles. The first-order chi connectivity index (χ1) is 5.00. The van der Waals surface area contributed by atoms with Gasteiger partial charge < -0.3 is 10.2 Å². The highest BCUT2D eigenvalue weighted by Crippen LogP contribution is 2.22. The molecule has 0 amide bonds. The highest BCUT2D eigenvalue weighted by molar-refractivity contribution is 14.1. The summed E-state index contributed by atoms with van der Waals surface area (Å²) >= 11 is 1.56. The van der Waals surface area contributed by atoms with E-state index in [0.29, 0.717) is 6.42 Å². The molecule has 2 N–H and O–H groups in total. The van der Waals surface area contributed by atoms with Crippen LogP contribution in [0.4, 0.5) is 0 Å². The van der Waals surface area contributed by atoms with Gasteiger partial charge in [-0.2, -0.15) is 0 Å². The van der Waals surface area contributed by atoms with Gasteiger partial charge in [-0.05, 0) is 35.4 Å². The summed E-state index contributed by atoms with van der Waals surface area (Å²) in [4.78, 5) is 10.4. The van der Waals surface area contributed by atoms with Crippen LogP contribution >= 0.6 is 22.6 Å². The average molecular weight is 272 g/mol. The molecule has 0 aliphatic rings. The number of carboxylic acids is 1. The summed E-state index contributed by atoms with van der Waals surface area (Å²) in [6.07, 6.45) is 3.10. The second-order valence-corrected chi connectivity index (χ2v) is 4.31. The Morgan fingerprint density at radius 3 is 2.45 bits per heavy atom. The Bertz CT molecular complexity index is 134. The van der Waals surface area contributed by atoms with E-state index in [2.05, 4.69) is 0 Å². The second-order valence-electron chi connectivity index (χ2n) is 2.52. The van der Waals surface area contributed by atoms with Gasteiger partial charge in [0.25, 0.3) is 0 Å². The van der Waals surface area contributed by atoms with Crippen LogP contribution < -0.4 is 0 Å². The summed E-state index contributed by atoms with van der Waals surface area (Å²) in [6.45, 7) is 2.03. The number of unbranched alkanes of at least 4 members (excludes halogenated alkanes) is 2. The summed E-state index contributed by atoms with van der Waals surface area (Å²) in [5, 5.41) is 17.7. The molecule has 0 aromatic rings. The van der Waals surface area contributed by atoms with Crippen LogP contribution in [0.15, 0.2) is 0 Å². The van der Waals surface area contributed by atoms with Gasteiger partial charge in [0, 0.05) is 0 Å². The quantitative estimate of drug-likeness (QED) is 0.455. The molecule has 0 rings (SSSR count). The number of hydrogen-bond acceptors (Lipinski definition) is 2. The number of aliphatic carboxylic acids is 1. The van der Waals surface area contributed by atoms with E-state index in [1.165, 1.54) is 0 Å². The summed E-state index contributed by atoms with van der Waals surface area (Å²) in [7, 11) is 0. The molecule has 0 saturated carbocycles. The maximum atomic E-state index is 10.4. The molecule has 0 radical (unpaired) electrons. The molecule has 11 heavy (non-hydrogen) atoms. The molecular formula is C7H13IO3. The highest BCUT2D eigenvalue weighted by atomic mass is 127. The van der Waals surface area contributed by atoms with Crippen LogP contribution in [0.5, 0.6) is 0 Å². The average Bonchev–Trinajstić information content (AvgIpc) is 1.88. The maximum Gasteiger partial charge on any atom is 0.346 e. The fraction of sp³-hybridized carbons (Fsp3) is 0.857. The van der Waals surface area contributed by atoms with Crippen molar-refractivity contribution in [2.75, 3.05) is 0 Å². The molecule has 0 fully saturated rings. The fourth-order valence-corrected chi connectivity index (χ4v) is 1.10. The van der Waals surface area contributed by atoms with Crippen molar-refractivity contribution in [2.45, 2.75) is 36.2 Å². The van der Waals surface area contributed by atoms with Gasteiger partial charge in [0.2, 0.25) is 3.61 Å². The third-order valence-corrected chi connectivity index (χ3v) is 2.44. The number of carbonyl (C=O) groups is 1. The highest BCUT2D eigenvalue weighted by Gasteiger charge is 2.31. The molecule has 0 aromatic heterocycles. The van der Waals surface area contributed by atoms with Crippen LogP contribution in [-0.4, -0.2) is 19.8 Å². The molecule has 3 nitrogen and oxygen atoms in total. The first kappa shape index (κ1) is 11.2. The van der Waals surface area contributed by atoms with Crippen LogP contribution in [0.3, 0.4) is 0 Å². The number of alkyl halides is 1. The Balaban J connectivity index is 3.64. The van der Waals surface area contributed by atoms with E-state index in [0.717, 1.165) is 19.3 Å². The lowest BCUT2D eigenvalue weighted by Gasteiger charge is -2.14. The minimum absolute atomic E-state index is 0.330. The summed E-state index contributed by atoms with van der Waals surface area (Å²) in [6, 6.07) is 0. The van der Waals surface area contributed by atoms with Crippen LogP contribution in [-0.2, 0) is 4.79 Å². The van der Waals surface area contributed by atoms with E-state index in [-0.39, 0.29) is 0 Å².